The number of hydrogen-bond donors (Lipinski definition) is 0. The summed E-state index contributed by atoms with van der Waals surface area (Å²) in [6.07, 6.45) is 0. The molecule has 0 aliphatic carbocycles. The molecule has 0 heterocycles. The molecule has 0 aromatic rings. The van der Waals surface area contributed by atoms with Gasteiger partial charge in [0.25, 0.3) is 0 Å². The van der Waals surface area contributed by atoms with Crippen molar-refractivity contribution in [3.05, 3.63) is 0 Å². The van der Waals surface area contributed by atoms with Crippen molar-refractivity contribution in [3.63, 3.8) is 0 Å². The Balaban J connectivity index is 0. The second-order valence-electron chi connectivity index (χ2n) is 0. The van der Waals surface area contributed by atoms with Gasteiger partial charge >= 0.3 is 0 Å². The van der Waals surface area contributed by atoms with E-state index in [2.05, 4.69) is 0 Å². The predicted octanol–water partition coefficient (Wildman–Crippen LogP) is -0.388. The van der Waals surface area contributed by atoms with Crippen LogP contribution in [0.1, 0.15) is 0 Å². The van der Waals surface area contributed by atoms with E-state index in [1.807, 2.05) is 0 Å². The second kappa shape index (κ2) is 17.3. The third kappa shape index (κ3) is 8.83. The van der Waals surface area contributed by atoms with E-state index >= 15 is 0 Å². The smallest absolute Gasteiger partial charge is 0 e. The van der Waals surface area contributed by atoms with Gasteiger partial charge in [-0.15, -0.1) is 0 Å². The van der Waals surface area contributed by atoms with Gasteiger partial charge in [-0.1, -0.05) is 0 Å². The molecule has 4 heteroatoms. The molecule has 0 atom stereocenters. The Morgan fingerprint density at radius 3 is 0.750 bits per heavy atom. The maximum Gasteiger partial charge on any atom is 0 e. The van der Waals surface area contributed by atoms with Gasteiger partial charge in [-0.25, -0.2) is 0 Å². The molecule has 0 aromatic heterocycles. The third-order valence-electron chi connectivity index (χ3n) is 0. The molecule has 0 fully saturated rings. The topological polar surface area (TPSA) is 0 Å². The zero-order valence-corrected chi connectivity index (χ0v) is 8.32. The maximum atomic E-state index is 0. The van der Waals surface area contributed by atoms with Crippen molar-refractivity contribution in [1.29, 1.82) is 0 Å². The maximum absolute atomic E-state index is 0. The normalized spacial score (nSPS) is 0. The molecule has 0 spiro atoms. The van der Waals surface area contributed by atoms with Crippen LogP contribution in [-0.2, 0) is 65.8 Å². The van der Waals surface area contributed by atoms with E-state index in [1.54, 1.807) is 0 Å². The van der Waals surface area contributed by atoms with Crippen LogP contribution >= 0.6 is 0 Å². The molecule has 0 saturated carbocycles. The van der Waals surface area contributed by atoms with E-state index < -0.39 is 0 Å². The van der Waals surface area contributed by atoms with Gasteiger partial charge < -0.3 is 0 Å². The molecule has 0 aromatic carbocycles. The van der Waals surface area contributed by atoms with Crippen molar-refractivity contribution >= 4 is 17.4 Å². The van der Waals surface area contributed by atoms with E-state index in [0.29, 0.717) is 0 Å². The van der Waals surface area contributed by atoms with Crippen LogP contribution < -0.4 is 0 Å². The van der Waals surface area contributed by atoms with Crippen LogP contribution in [0.3, 0.4) is 0 Å². The van der Waals surface area contributed by atoms with Gasteiger partial charge in [-0.05, 0) is 0 Å². The van der Waals surface area contributed by atoms with Crippen LogP contribution in [-0.4, -0.2) is 17.4 Å². The molecule has 0 aliphatic rings. The minimum absolute atomic E-state index is 0. The second-order valence-corrected chi connectivity index (χ2v) is 0. The van der Waals surface area contributed by atoms with Crippen molar-refractivity contribution in [2.45, 2.75) is 0 Å². The van der Waals surface area contributed by atoms with Gasteiger partial charge in [0.1, 0.15) is 0 Å². The fourth-order valence-electron chi connectivity index (χ4n) is 0. The van der Waals surface area contributed by atoms with Crippen LogP contribution in [0, 0.1) is 0 Å². The minimum atomic E-state index is 0. The zero-order chi connectivity index (χ0) is 0. The van der Waals surface area contributed by atoms with Crippen LogP contribution in [0.15, 0.2) is 0 Å². The van der Waals surface area contributed by atoms with Gasteiger partial charge in [-0.2, -0.15) is 0 Å². The first kappa shape index (κ1) is 29.9. The van der Waals surface area contributed by atoms with E-state index in [9.17, 15) is 0 Å². The van der Waals surface area contributed by atoms with Gasteiger partial charge in [-0.3, -0.25) is 0 Å². The van der Waals surface area contributed by atoms with Crippen LogP contribution in [0.25, 0.3) is 0 Å². The van der Waals surface area contributed by atoms with Crippen molar-refractivity contribution in [2.24, 2.45) is 0 Å². The summed E-state index contributed by atoms with van der Waals surface area (Å²) in [5, 5.41) is 0. The van der Waals surface area contributed by atoms with Gasteiger partial charge in [0, 0.05) is 83.2 Å². The third-order valence-corrected chi connectivity index (χ3v) is 0. The van der Waals surface area contributed by atoms with Gasteiger partial charge in [0.05, 0.1) is 0 Å². The molecule has 0 bridgehead atoms. The Hall–Kier alpha value is 2.70. The Morgan fingerprint density at radius 2 is 0.750 bits per heavy atom. The van der Waals surface area contributed by atoms with E-state index in [-0.39, 0.29) is 83.2 Å². The molecule has 0 aliphatic heterocycles. The summed E-state index contributed by atoms with van der Waals surface area (Å²) in [5.41, 5.74) is 0. The van der Waals surface area contributed by atoms with Crippen LogP contribution in [0.4, 0.5) is 0 Å². The Morgan fingerprint density at radius 1 is 0.750 bits per heavy atom. The zero-order valence-electron chi connectivity index (χ0n) is 1.88. The minimum Gasteiger partial charge on any atom is 0 e. The van der Waals surface area contributed by atoms with Crippen molar-refractivity contribution in [2.75, 3.05) is 0 Å². The van der Waals surface area contributed by atoms with Crippen LogP contribution in [0.5, 0.6) is 0 Å². The standard InChI is InChI=1S/Al.Au.2Ti. The molecule has 0 nitrogen and oxygen atoms in total. The van der Waals surface area contributed by atoms with Crippen LogP contribution in [0.2, 0.25) is 0 Å². The van der Waals surface area contributed by atoms with Crippen molar-refractivity contribution < 1.29 is 65.8 Å². The summed E-state index contributed by atoms with van der Waals surface area (Å²) in [7, 11) is 0. The molecule has 0 amide bonds. The Labute approximate surface area is 81.9 Å². The average Bonchev–Trinajstić information content (AvgIpc) is 0. The van der Waals surface area contributed by atoms with E-state index in [4.69, 9.17) is 0 Å². The summed E-state index contributed by atoms with van der Waals surface area (Å²) >= 11 is 0. The summed E-state index contributed by atoms with van der Waals surface area (Å²) < 4.78 is 0. The number of rotatable bonds is 0. The van der Waals surface area contributed by atoms with E-state index in [0.717, 1.165) is 0 Å². The first-order valence-electron chi connectivity index (χ1n) is 0. The molecular formula is AlAuTi2. The van der Waals surface area contributed by atoms with Gasteiger partial charge in [0.15, 0.2) is 0 Å². The average molecular weight is 320 g/mol. The van der Waals surface area contributed by atoms with Crippen molar-refractivity contribution in [1.82, 2.24) is 0 Å². The largest absolute Gasteiger partial charge is 0 e. The molecule has 22 valence electrons. The summed E-state index contributed by atoms with van der Waals surface area (Å²) in [6.45, 7) is 0. The molecule has 0 N–H and O–H groups in total. The van der Waals surface area contributed by atoms with Gasteiger partial charge in [0.2, 0.25) is 0 Å². The molecule has 0 unspecified atom stereocenters. The molecule has 4 radical (unpaired) electrons. The quantitative estimate of drug-likeness (QED) is 0.534. The molecule has 4 heavy (non-hydrogen) atoms. The predicted molar refractivity (Wildman–Crippen MR) is 5.75 cm³/mol. The van der Waals surface area contributed by atoms with E-state index in [1.165, 1.54) is 0 Å². The summed E-state index contributed by atoms with van der Waals surface area (Å²) in [4.78, 5) is 0. The molecular weight excluding hydrogens is 320 g/mol. The fraction of sp³-hybridized carbons (Fsp3) is 0. The fourth-order valence-corrected chi connectivity index (χ4v) is 0. The summed E-state index contributed by atoms with van der Waals surface area (Å²) in [6, 6.07) is 0. The Bertz CT molecular complexity index is 6.00. The summed E-state index contributed by atoms with van der Waals surface area (Å²) in [5.74, 6) is 0. The number of hydrogen-bond acceptors (Lipinski definition) is 0. The monoisotopic (exact) mass is 320 g/mol. The molecule has 0 saturated heterocycles. The molecule has 0 rings (SSSR count). The Kier molecular flexibility index (Phi) is 129. The first-order valence-corrected chi connectivity index (χ1v) is 0. The SMILES string of the molecule is [Al].[Au].[Ti].[Ti]. The first-order chi connectivity index (χ1) is 0. The van der Waals surface area contributed by atoms with Crippen molar-refractivity contribution in [3.8, 4) is 0 Å².